The van der Waals surface area contributed by atoms with Gasteiger partial charge in [0.25, 0.3) is 0 Å². The van der Waals surface area contributed by atoms with Gasteiger partial charge in [-0.05, 0) is 48.2 Å². The van der Waals surface area contributed by atoms with Crippen LogP contribution in [0.15, 0.2) is 42.5 Å². The van der Waals surface area contributed by atoms with Crippen LogP contribution in [0.1, 0.15) is 29.3 Å². The molecule has 0 fully saturated rings. The molecule has 2 aromatic carbocycles. The van der Waals surface area contributed by atoms with Crippen LogP contribution in [-0.2, 0) is 28.6 Å². The predicted octanol–water partition coefficient (Wildman–Crippen LogP) is 4.40. The van der Waals surface area contributed by atoms with Crippen LogP contribution < -0.4 is 5.32 Å². The van der Waals surface area contributed by atoms with Crippen LogP contribution in [0, 0.1) is 12.7 Å². The lowest BCUT2D eigenvalue weighted by molar-refractivity contribution is 0.600. The van der Waals surface area contributed by atoms with E-state index in [0.717, 1.165) is 34.3 Å². The number of aryl methyl sites for hydroxylation is 1. The average molecular weight is 386 g/mol. The van der Waals surface area contributed by atoms with Gasteiger partial charge in [-0.2, -0.15) is 0 Å². The number of hydrogen-bond acceptors (Lipinski definition) is 4. The second-order valence-electron chi connectivity index (χ2n) is 6.76. The van der Waals surface area contributed by atoms with Gasteiger partial charge >= 0.3 is 0 Å². The number of halogens is 1. The van der Waals surface area contributed by atoms with Crippen LogP contribution in [0.4, 0.5) is 10.1 Å². The normalized spacial score (nSPS) is 11.7. The van der Waals surface area contributed by atoms with Gasteiger partial charge in [-0.15, -0.1) is 0 Å². The highest BCUT2D eigenvalue weighted by Crippen LogP contribution is 2.29. The molecule has 3 aromatic rings. The van der Waals surface area contributed by atoms with E-state index in [2.05, 4.69) is 17.2 Å². The van der Waals surface area contributed by atoms with Gasteiger partial charge in [-0.25, -0.2) is 12.8 Å². The predicted molar refractivity (Wildman–Crippen MR) is 108 cm³/mol. The number of sulfone groups is 1. The Kier molecular flexibility index (Phi) is 5.46. The number of pyridine rings is 1. The van der Waals surface area contributed by atoms with Gasteiger partial charge in [-0.1, -0.05) is 31.2 Å². The molecule has 0 aliphatic rings. The van der Waals surface area contributed by atoms with E-state index in [4.69, 9.17) is 0 Å². The molecule has 27 heavy (non-hydrogen) atoms. The third-order valence-electron chi connectivity index (χ3n) is 4.60. The molecule has 0 unspecified atom stereocenters. The minimum atomic E-state index is -3.21. The standard InChI is InChI=1S/C21H23FN2O2S/c1-4-18-14(2)24-20-8-6-5-7-19(20)21(18)23-12-16-11-17(22)10-9-15(16)13-27(3,25)26/h5-11H,4,12-13H2,1-3H3,(H,23,24). The monoisotopic (exact) mass is 386 g/mol. The highest BCUT2D eigenvalue weighted by molar-refractivity contribution is 7.89. The van der Waals surface area contributed by atoms with Crippen molar-refractivity contribution in [2.75, 3.05) is 11.6 Å². The van der Waals surface area contributed by atoms with Crippen molar-refractivity contribution in [1.82, 2.24) is 4.98 Å². The molecular formula is C21H23FN2O2S. The van der Waals surface area contributed by atoms with Crippen molar-refractivity contribution in [1.29, 1.82) is 0 Å². The number of nitrogens with one attached hydrogen (secondary N) is 1. The zero-order chi connectivity index (χ0) is 19.6. The summed E-state index contributed by atoms with van der Waals surface area (Å²) < 4.78 is 37.2. The summed E-state index contributed by atoms with van der Waals surface area (Å²) in [5, 5.41) is 4.42. The Bertz CT molecular complexity index is 1090. The minimum absolute atomic E-state index is 0.110. The zero-order valence-electron chi connectivity index (χ0n) is 15.7. The van der Waals surface area contributed by atoms with Crippen LogP contribution in [0.25, 0.3) is 10.9 Å². The molecule has 1 N–H and O–H groups in total. The van der Waals surface area contributed by atoms with Gasteiger partial charge in [0.15, 0.2) is 9.84 Å². The summed E-state index contributed by atoms with van der Waals surface area (Å²) in [5.41, 5.74) is 5.17. The van der Waals surface area contributed by atoms with E-state index < -0.39 is 9.84 Å². The van der Waals surface area contributed by atoms with E-state index in [1.807, 2.05) is 31.2 Å². The van der Waals surface area contributed by atoms with Crippen LogP contribution in [-0.4, -0.2) is 19.7 Å². The van der Waals surface area contributed by atoms with Crippen molar-refractivity contribution in [2.24, 2.45) is 0 Å². The fourth-order valence-corrected chi connectivity index (χ4v) is 4.22. The highest BCUT2D eigenvalue weighted by Gasteiger charge is 2.14. The molecule has 6 heteroatoms. The SMILES string of the molecule is CCc1c(C)nc2ccccc2c1NCc1cc(F)ccc1CS(C)(=O)=O. The van der Waals surface area contributed by atoms with Crippen molar-refractivity contribution >= 4 is 26.4 Å². The summed E-state index contributed by atoms with van der Waals surface area (Å²) in [5.74, 6) is -0.489. The second-order valence-corrected chi connectivity index (χ2v) is 8.90. The first-order valence-corrected chi connectivity index (χ1v) is 10.9. The highest BCUT2D eigenvalue weighted by atomic mass is 32.2. The van der Waals surface area contributed by atoms with Crippen molar-refractivity contribution in [3.05, 3.63) is 70.7 Å². The first kappa shape index (κ1) is 19.3. The average Bonchev–Trinajstić information content (AvgIpc) is 2.60. The largest absolute Gasteiger partial charge is 0.380 e. The fourth-order valence-electron chi connectivity index (χ4n) is 3.37. The van der Waals surface area contributed by atoms with E-state index >= 15 is 0 Å². The molecule has 3 rings (SSSR count). The van der Waals surface area contributed by atoms with Gasteiger partial charge in [-0.3, -0.25) is 4.98 Å². The molecule has 0 aliphatic heterocycles. The number of aromatic nitrogens is 1. The van der Waals surface area contributed by atoms with Crippen LogP contribution in [0.3, 0.4) is 0 Å². The van der Waals surface area contributed by atoms with Crippen LogP contribution >= 0.6 is 0 Å². The Labute approximate surface area is 159 Å². The molecule has 1 heterocycles. The van der Waals surface area contributed by atoms with E-state index in [1.165, 1.54) is 18.4 Å². The first-order valence-electron chi connectivity index (χ1n) is 8.85. The summed E-state index contributed by atoms with van der Waals surface area (Å²) in [6.45, 7) is 4.39. The molecule has 142 valence electrons. The lowest BCUT2D eigenvalue weighted by Gasteiger charge is -2.17. The third-order valence-corrected chi connectivity index (χ3v) is 5.43. The van der Waals surface area contributed by atoms with Crippen LogP contribution in [0.5, 0.6) is 0 Å². The number of benzene rings is 2. The molecule has 0 bridgehead atoms. The number of fused-ring (bicyclic) bond motifs is 1. The molecule has 0 amide bonds. The van der Waals surface area contributed by atoms with Gasteiger partial charge in [0.2, 0.25) is 0 Å². The molecule has 4 nitrogen and oxygen atoms in total. The number of rotatable bonds is 6. The van der Waals surface area contributed by atoms with E-state index in [1.54, 1.807) is 6.07 Å². The molecule has 0 saturated carbocycles. The maximum absolute atomic E-state index is 13.8. The van der Waals surface area contributed by atoms with E-state index in [9.17, 15) is 12.8 Å². The fraction of sp³-hybridized carbons (Fsp3) is 0.286. The van der Waals surface area contributed by atoms with Crippen molar-refractivity contribution in [3.63, 3.8) is 0 Å². The number of anilines is 1. The number of hydrogen-bond donors (Lipinski definition) is 1. The summed E-state index contributed by atoms with van der Waals surface area (Å²) in [4.78, 5) is 4.66. The third kappa shape index (κ3) is 4.45. The van der Waals surface area contributed by atoms with Gasteiger partial charge < -0.3 is 5.32 Å². The Hall–Kier alpha value is -2.47. The van der Waals surface area contributed by atoms with E-state index in [-0.39, 0.29) is 11.6 Å². The lowest BCUT2D eigenvalue weighted by atomic mass is 10.0. The van der Waals surface area contributed by atoms with E-state index in [0.29, 0.717) is 17.7 Å². The molecular weight excluding hydrogens is 363 g/mol. The molecule has 0 saturated heterocycles. The van der Waals surface area contributed by atoms with Crippen LogP contribution in [0.2, 0.25) is 0 Å². The Morgan fingerprint density at radius 2 is 1.85 bits per heavy atom. The quantitative estimate of drug-likeness (QED) is 0.682. The van der Waals surface area contributed by atoms with Gasteiger partial charge in [0, 0.05) is 29.6 Å². The Morgan fingerprint density at radius 1 is 1.11 bits per heavy atom. The molecule has 1 aromatic heterocycles. The topological polar surface area (TPSA) is 59.1 Å². The minimum Gasteiger partial charge on any atom is -0.380 e. The second kappa shape index (κ2) is 7.64. The van der Waals surface area contributed by atoms with Crippen molar-refractivity contribution in [2.45, 2.75) is 32.6 Å². The summed E-state index contributed by atoms with van der Waals surface area (Å²) in [7, 11) is -3.21. The molecule has 0 radical (unpaired) electrons. The summed E-state index contributed by atoms with van der Waals surface area (Å²) >= 11 is 0. The van der Waals surface area contributed by atoms with Gasteiger partial charge in [0.05, 0.1) is 11.3 Å². The molecule has 0 atom stereocenters. The molecule has 0 aliphatic carbocycles. The first-order chi connectivity index (χ1) is 12.8. The smallest absolute Gasteiger partial charge is 0.151 e. The number of para-hydroxylation sites is 1. The summed E-state index contributed by atoms with van der Waals surface area (Å²) in [6.07, 6.45) is 1.99. The van der Waals surface area contributed by atoms with Gasteiger partial charge in [0.1, 0.15) is 5.82 Å². The maximum atomic E-state index is 13.8. The Morgan fingerprint density at radius 3 is 2.56 bits per heavy atom. The molecule has 0 spiro atoms. The van der Waals surface area contributed by atoms with Crippen molar-refractivity contribution in [3.8, 4) is 0 Å². The summed E-state index contributed by atoms with van der Waals surface area (Å²) in [6, 6.07) is 12.1. The lowest BCUT2D eigenvalue weighted by Crippen LogP contribution is -2.10. The van der Waals surface area contributed by atoms with Crippen molar-refractivity contribution < 1.29 is 12.8 Å². The maximum Gasteiger partial charge on any atom is 0.151 e. The zero-order valence-corrected chi connectivity index (χ0v) is 16.5. The Balaban J connectivity index is 2.02. The number of nitrogens with zero attached hydrogens (tertiary/aromatic N) is 1.